The van der Waals surface area contributed by atoms with Crippen molar-refractivity contribution < 1.29 is 9.53 Å². The Morgan fingerprint density at radius 1 is 1.19 bits per heavy atom. The molecule has 2 aliphatic rings. The van der Waals surface area contributed by atoms with Crippen molar-refractivity contribution >= 4 is 17.6 Å². The third-order valence-corrected chi connectivity index (χ3v) is 6.92. The molecule has 36 heavy (non-hydrogen) atoms. The smallest absolute Gasteiger partial charge is 0.408 e. The first-order valence-electron chi connectivity index (χ1n) is 12.8. The van der Waals surface area contributed by atoms with Crippen molar-refractivity contribution in [3.8, 4) is 11.1 Å². The standard InChI is InChI=1S/C29H35N5O2/c1-17(2)34-18(3)24(16-31-34)26-15-23-21(12-13-30-27(23)32-26)20-10-11-22-19(14-20)8-7-9-25(22)33-28(35)36-29(4,5)6/h10-14,16-17,25H,7-9,15H2,1-6H3,(H,33,35). The first-order valence-corrected chi connectivity index (χ1v) is 12.8. The third-order valence-electron chi connectivity index (χ3n) is 6.92. The predicted molar refractivity (Wildman–Crippen MR) is 142 cm³/mol. The van der Waals surface area contributed by atoms with Crippen LogP contribution < -0.4 is 5.32 Å². The molecule has 0 bridgehead atoms. The molecule has 7 nitrogen and oxygen atoms in total. The van der Waals surface area contributed by atoms with Gasteiger partial charge in [0, 0.05) is 35.5 Å². The molecule has 0 spiro atoms. The van der Waals surface area contributed by atoms with Crippen molar-refractivity contribution in [3.05, 3.63) is 64.6 Å². The Labute approximate surface area is 213 Å². The van der Waals surface area contributed by atoms with Crippen molar-refractivity contribution in [1.29, 1.82) is 0 Å². The van der Waals surface area contributed by atoms with Crippen LogP contribution >= 0.6 is 0 Å². The molecule has 7 heteroatoms. The van der Waals surface area contributed by atoms with Crippen LogP contribution in [-0.4, -0.2) is 32.2 Å². The number of alkyl carbamates (subject to hydrolysis) is 1. The van der Waals surface area contributed by atoms with Gasteiger partial charge in [-0.15, -0.1) is 0 Å². The molecule has 1 amide bonds. The third kappa shape index (κ3) is 4.66. The zero-order valence-corrected chi connectivity index (χ0v) is 22.1. The number of hydrogen-bond acceptors (Lipinski definition) is 5. The summed E-state index contributed by atoms with van der Waals surface area (Å²) in [5, 5.41) is 7.65. The van der Waals surface area contributed by atoms with Gasteiger partial charge in [-0.1, -0.05) is 18.2 Å². The molecule has 1 atom stereocenters. The van der Waals surface area contributed by atoms with E-state index in [9.17, 15) is 4.79 Å². The van der Waals surface area contributed by atoms with E-state index in [1.54, 1.807) is 0 Å². The highest BCUT2D eigenvalue weighted by Gasteiger charge is 2.27. The molecule has 188 valence electrons. The van der Waals surface area contributed by atoms with Crippen LogP contribution in [0, 0.1) is 6.92 Å². The number of fused-ring (bicyclic) bond motifs is 2. The number of aromatic nitrogens is 3. The van der Waals surface area contributed by atoms with Crippen LogP contribution in [0.3, 0.4) is 0 Å². The van der Waals surface area contributed by atoms with Crippen molar-refractivity contribution in [2.45, 2.75) is 84.9 Å². The Kier molecular flexibility index (Phi) is 6.18. The summed E-state index contributed by atoms with van der Waals surface area (Å²) in [7, 11) is 0. The van der Waals surface area contributed by atoms with Gasteiger partial charge >= 0.3 is 6.09 Å². The van der Waals surface area contributed by atoms with E-state index in [0.717, 1.165) is 65.2 Å². The predicted octanol–water partition coefficient (Wildman–Crippen LogP) is 6.41. The van der Waals surface area contributed by atoms with Crippen LogP contribution in [0.1, 0.15) is 87.5 Å². The highest BCUT2D eigenvalue weighted by Crippen LogP contribution is 2.38. The second-order valence-corrected chi connectivity index (χ2v) is 11.1. The summed E-state index contributed by atoms with van der Waals surface area (Å²) in [5.74, 6) is 0.793. The van der Waals surface area contributed by atoms with Gasteiger partial charge in [-0.2, -0.15) is 5.10 Å². The number of nitrogens with zero attached hydrogens (tertiary/aromatic N) is 4. The maximum Gasteiger partial charge on any atom is 0.408 e. The van der Waals surface area contributed by atoms with Gasteiger partial charge in [0.2, 0.25) is 0 Å². The van der Waals surface area contributed by atoms with Crippen molar-refractivity contribution in [3.63, 3.8) is 0 Å². The summed E-state index contributed by atoms with van der Waals surface area (Å²) >= 11 is 0. The van der Waals surface area contributed by atoms with Crippen LogP contribution in [0.15, 0.2) is 41.7 Å². The number of benzene rings is 1. The molecule has 0 saturated heterocycles. The Hall–Kier alpha value is -3.48. The SMILES string of the molecule is Cc1c(C2=Nc3nccc(-c4ccc5c(c4)CCCC5NC(=O)OC(C)(C)C)c3C2)cnn1C(C)C. The fraction of sp³-hybridized carbons (Fsp3) is 0.448. The normalized spacial score (nSPS) is 17.0. The minimum absolute atomic E-state index is 0.0313. The molecule has 0 fully saturated rings. The first-order chi connectivity index (χ1) is 17.1. The van der Waals surface area contributed by atoms with Gasteiger partial charge < -0.3 is 10.1 Å². The van der Waals surface area contributed by atoms with E-state index < -0.39 is 5.60 Å². The van der Waals surface area contributed by atoms with Crippen LogP contribution in [0.4, 0.5) is 10.6 Å². The van der Waals surface area contributed by atoms with Crippen LogP contribution in [0.25, 0.3) is 11.1 Å². The second-order valence-electron chi connectivity index (χ2n) is 11.1. The van der Waals surface area contributed by atoms with Crippen LogP contribution in [-0.2, 0) is 17.6 Å². The highest BCUT2D eigenvalue weighted by molar-refractivity contribution is 6.07. The Balaban J connectivity index is 1.40. The maximum atomic E-state index is 12.4. The quantitative estimate of drug-likeness (QED) is 0.463. The number of aryl methyl sites for hydroxylation is 1. The topological polar surface area (TPSA) is 81.4 Å². The fourth-order valence-electron chi connectivity index (χ4n) is 5.32. The second kappa shape index (κ2) is 9.19. The van der Waals surface area contributed by atoms with E-state index in [2.05, 4.69) is 60.4 Å². The molecular formula is C29H35N5O2. The molecule has 1 aromatic carbocycles. The number of aliphatic imine (C=N–C) groups is 1. The van der Waals surface area contributed by atoms with Gasteiger partial charge in [0.25, 0.3) is 0 Å². The highest BCUT2D eigenvalue weighted by atomic mass is 16.6. The molecule has 3 heterocycles. The zero-order chi connectivity index (χ0) is 25.6. The van der Waals surface area contributed by atoms with E-state index in [-0.39, 0.29) is 12.1 Å². The Morgan fingerprint density at radius 2 is 2.00 bits per heavy atom. The van der Waals surface area contributed by atoms with Gasteiger partial charge in [-0.05, 0) is 89.1 Å². The van der Waals surface area contributed by atoms with Crippen molar-refractivity contribution in [1.82, 2.24) is 20.1 Å². The number of pyridine rings is 1. The van der Waals surface area contributed by atoms with Gasteiger partial charge in [-0.25, -0.2) is 14.8 Å². The van der Waals surface area contributed by atoms with E-state index >= 15 is 0 Å². The maximum absolute atomic E-state index is 12.4. The van der Waals surface area contributed by atoms with Gasteiger partial charge in [0.1, 0.15) is 5.60 Å². The van der Waals surface area contributed by atoms with Crippen LogP contribution in [0.5, 0.6) is 0 Å². The minimum atomic E-state index is -0.514. The largest absolute Gasteiger partial charge is 0.444 e. The average Bonchev–Trinajstić information content (AvgIpc) is 3.40. The number of carbonyl (C=O) groups is 1. The number of carbonyl (C=O) groups excluding carboxylic acids is 1. The van der Waals surface area contributed by atoms with Crippen LogP contribution in [0.2, 0.25) is 0 Å². The molecular weight excluding hydrogens is 450 g/mol. The average molecular weight is 486 g/mol. The van der Waals surface area contributed by atoms with E-state index in [1.165, 1.54) is 11.1 Å². The lowest BCUT2D eigenvalue weighted by molar-refractivity contribution is 0.0498. The first kappa shape index (κ1) is 24.2. The molecule has 1 N–H and O–H groups in total. The molecule has 0 radical (unpaired) electrons. The lowest BCUT2D eigenvalue weighted by Crippen LogP contribution is -2.36. The molecule has 3 aromatic rings. The number of amides is 1. The Bertz CT molecular complexity index is 1350. The molecule has 2 aromatic heterocycles. The number of rotatable bonds is 4. The molecule has 1 unspecified atom stereocenters. The summed E-state index contributed by atoms with van der Waals surface area (Å²) in [6.07, 6.45) is 7.08. The Morgan fingerprint density at radius 3 is 2.72 bits per heavy atom. The molecule has 1 aliphatic heterocycles. The lowest BCUT2D eigenvalue weighted by atomic mass is 9.85. The molecule has 1 aliphatic carbocycles. The van der Waals surface area contributed by atoms with Crippen molar-refractivity contribution in [2.24, 2.45) is 4.99 Å². The van der Waals surface area contributed by atoms with E-state index in [1.807, 2.05) is 37.8 Å². The zero-order valence-electron chi connectivity index (χ0n) is 22.1. The minimum Gasteiger partial charge on any atom is -0.444 e. The van der Waals surface area contributed by atoms with Gasteiger partial charge in [-0.3, -0.25) is 4.68 Å². The summed E-state index contributed by atoms with van der Waals surface area (Å²) in [6.45, 7) is 12.0. The fourth-order valence-corrected chi connectivity index (χ4v) is 5.32. The van der Waals surface area contributed by atoms with Gasteiger partial charge in [0.15, 0.2) is 5.82 Å². The van der Waals surface area contributed by atoms with E-state index in [4.69, 9.17) is 9.73 Å². The number of ether oxygens (including phenoxy) is 1. The van der Waals surface area contributed by atoms with Gasteiger partial charge in [0.05, 0.1) is 18.0 Å². The number of nitrogens with one attached hydrogen (secondary N) is 1. The molecule has 0 saturated carbocycles. The summed E-state index contributed by atoms with van der Waals surface area (Å²) in [6, 6.07) is 8.95. The monoisotopic (exact) mass is 485 g/mol. The molecule has 5 rings (SSSR count). The van der Waals surface area contributed by atoms with Crippen molar-refractivity contribution in [2.75, 3.05) is 0 Å². The summed E-state index contributed by atoms with van der Waals surface area (Å²) in [5.41, 5.74) is 8.67. The summed E-state index contributed by atoms with van der Waals surface area (Å²) < 4.78 is 7.53. The summed E-state index contributed by atoms with van der Waals surface area (Å²) in [4.78, 5) is 21.9. The van der Waals surface area contributed by atoms with E-state index in [0.29, 0.717) is 6.04 Å². The number of hydrogen-bond donors (Lipinski definition) is 1. The lowest BCUT2D eigenvalue weighted by Gasteiger charge is -2.28.